The van der Waals surface area contributed by atoms with Gasteiger partial charge in [-0.15, -0.1) is 10.2 Å². The molecule has 1 N–H and O–H groups in total. The van der Waals surface area contributed by atoms with Crippen LogP contribution >= 0.6 is 23.4 Å². The quantitative estimate of drug-likeness (QED) is 0.548. The van der Waals surface area contributed by atoms with E-state index in [2.05, 4.69) is 39.5 Å². The van der Waals surface area contributed by atoms with Crippen LogP contribution in [0.1, 0.15) is 11.1 Å². The van der Waals surface area contributed by atoms with E-state index < -0.39 is 0 Å². The molecule has 1 saturated heterocycles. The minimum Gasteiger partial charge on any atom is -0.378 e. The highest BCUT2D eigenvalue weighted by Crippen LogP contribution is 2.27. The summed E-state index contributed by atoms with van der Waals surface area (Å²) < 4.78 is 7.50. The molecule has 162 valence electrons. The van der Waals surface area contributed by atoms with Gasteiger partial charge in [0.05, 0.1) is 24.7 Å². The number of benzene rings is 2. The van der Waals surface area contributed by atoms with E-state index in [0.717, 1.165) is 35.9 Å². The van der Waals surface area contributed by atoms with Crippen LogP contribution in [0.2, 0.25) is 5.02 Å². The maximum atomic E-state index is 12.4. The second kappa shape index (κ2) is 10.2. The predicted octanol–water partition coefficient (Wildman–Crippen LogP) is 3.47. The third-order valence-electron chi connectivity index (χ3n) is 4.88. The molecule has 3 aromatic rings. The lowest BCUT2D eigenvalue weighted by atomic mass is 10.2. The topological polar surface area (TPSA) is 72.3 Å². The van der Waals surface area contributed by atoms with E-state index in [1.165, 1.54) is 11.8 Å². The number of hydrogen-bond acceptors (Lipinski definition) is 6. The molecule has 1 aliphatic rings. The van der Waals surface area contributed by atoms with Gasteiger partial charge in [0.2, 0.25) is 11.9 Å². The van der Waals surface area contributed by atoms with Gasteiger partial charge in [0, 0.05) is 24.7 Å². The molecular weight excluding hydrogens is 434 g/mol. The number of aryl methyl sites for hydroxylation is 1. The van der Waals surface area contributed by atoms with E-state index in [0.29, 0.717) is 29.9 Å². The number of ether oxygens (including phenoxy) is 1. The molecule has 0 atom stereocenters. The Morgan fingerprint density at radius 1 is 1.16 bits per heavy atom. The molecule has 1 fully saturated rings. The molecule has 4 rings (SSSR count). The summed E-state index contributed by atoms with van der Waals surface area (Å²) >= 11 is 7.38. The number of nitrogens with one attached hydrogen (secondary N) is 1. The summed E-state index contributed by atoms with van der Waals surface area (Å²) in [5.41, 5.74) is 3.09. The monoisotopic (exact) mass is 457 g/mol. The van der Waals surface area contributed by atoms with Crippen molar-refractivity contribution in [3.8, 4) is 5.69 Å². The fraction of sp³-hybridized carbons (Fsp3) is 0.318. The number of thioether (sulfide) groups is 1. The molecule has 0 unspecified atom stereocenters. The second-order valence-electron chi connectivity index (χ2n) is 7.25. The Morgan fingerprint density at radius 3 is 2.74 bits per heavy atom. The molecule has 0 radical (unpaired) electrons. The van der Waals surface area contributed by atoms with E-state index >= 15 is 0 Å². The van der Waals surface area contributed by atoms with Crippen LogP contribution in [0.3, 0.4) is 0 Å². The largest absolute Gasteiger partial charge is 0.378 e. The molecule has 1 aliphatic heterocycles. The van der Waals surface area contributed by atoms with Crippen molar-refractivity contribution in [2.75, 3.05) is 37.0 Å². The van der Waals surface area contributed by atoms with Crippen molar-refractivity contribution in [2.45, 2.75) is 18.6 Å². The highest BCUT2D eigenvalue weighted by atomic mass is 35.5. The average molecular weight is 458 g/mol. The number of carbonyl (C=O) groups is 1. The summed E-state index contributed by atoms with van der Waals surface area (Å²) in [6.45, 7) is 5.33. The fourth-order valence-corrected chi connectivity index (χ4v) is 4.34. The second-order valence-corrected chi connectivity index (χ2v) is 8.63. The third-order valence-corrected chi connectivity index (χ3v) is 6.05. The standard InChI is InChI=1S/C22H24ClN5O2S/c1-16-4-2-7-19(12-16)28-21(27-8-10-30-11-9-27)25-26-22(28)31-15-20(29)24-14-17-5-3-6-18(23)13-17/h2-7,12-13H,8-11,14-15H2,1H3,(H,24,29). The normalized spacial score (nSPS) is 13.9. The first-order valence-corrected chi connectivity index (χ1v) is 11.5. The van der Waals surface area contributed by atoms with Gasteiger partial charge in [-0.1, -0.05) is 47.6 Å². The molecule has 2 heterocycles. The molecule has 0 aliphatic carbocycles. The van der Waals surface area contributed by atoms with Gasteiger partial charge in [-0.05, 0) is 42.3 Å². The summed E-state index contributed by atoms with van der Waals surface area (Å²) in [6, 6.07) is 15.7. The summed E-state index contributed by atoms with van der Waals surface area (Å²) in [6.07, 6.45) is 0. The SMILES string of the molecule is Cc1cccc(-n2c(SCC(=O)NCc3cccc(Cl)c3)nnc2N2CCOCC2)c1. The molecule has 9 heteroatoms. The Balaban J connectivity index is 1.48. The number of morpholine rings is 1. The summed E-state index contributed by atoms with van der Waals surface area (Å²) in [5, 5.41) is 13.1. The van der Waals surface area contributed by atoms with Gasteiger partial charge in [0.25, 0.3) is 0 Å². The van der Waals surface area contributed by atoms with Crippen molar-refractivity contribution in [1.29, 1.82) is 0 Å². The van der Waals surface area contributed by atoms with Crippen LogP contribution in [0.25, 0.3) is 5.69 Å². The van der Waals surface area contributed by atoms with Crippen molar-refractivity contribution >= 4 is 35.2 Å². The number of hydrogen-bond donors (Lipinski definition) is 1. The van der Waals surface area contributed by atoms with Crippen molar-refractivity contribution in [1.82, 2.24) is 20.1 Å². The first kappa shape index (κ1) is 21.7. The number of amides is 1. The molecule has 0 saturated carbocycles. The third kappa shape index (κ3) is 5.58. The van der Waals surface area contributed by atoms with Gasteiger partial charge >= 0.3 is 0 Å². The van der Waals surface area contributed by atoms with Crippen molar-refractivity contribution < 1.29 is 9.53 Å². The lowest BCUT2D eigenvalue weighted by molar-refractivity contribution is -0.118. The lowest BCUT2D eigenvalue weighted by Gasteiger charge is -2.28. The van der Waals surface area contributed by atoms with Crippen molar-refractivity contribution in [3.05, 3.63) is 64.7 Å². The summed E-state index contributed by atoms with van der Waals surface area (Å²) in [7, 11) is 0. The minimum absolute atomic E-state index is 0.0725. The maximum Gasteiger partial charge on any atom is 0.232 e. The van der Waals surface area contributed by atoms with E-state index in [1.807, 2.05) is 41.0 Å². The number of aromatic nitrogens is 3. The number of rotatable bonds is 7. The molecule has 7 nitrogen and oxygen atoms in total. The van der Waals surface area contributed by atoms with Crippen LogP contribution < -0.4 is 10.2 Å². The Hall–Kier alpha value is -2.55. The van der Waals surface area contributed by atoms with Crippen LogP contribution in [-0.4, -0.2) is 52.7 Å². The van der Waals surface area contributed by atoms with E-state index in [9.17, 15) is 4.79 Å². The molecule has 2 aromatic carbocycles. The predicted molar refractivity (Wildman–Crippen MR) is 123 cm³/mol. The highest BCUT2D eigenvalue weighted by molar-refractivity contribution is 7.99. The molecular formula is C22H24ClN5O2S. The van der Waals surface area contributed by atoms with Gasteiger partial charge in [-0.3, -0.25) is 9.36 Å². The fourth-order valence-electron chi connectivity index (χ4n) is 3.35. The first-order chi connectivity index (χ1) is 15.1. The lowest BCUT2D eigenvalue weighted by Crippen LogP contribution is -2.37. The van der Waals surface area contributed by atoms with Crippen LogP contribution in [-0.2, 0) is 16.1 Å². The zero-order chi connectivity index (χ0) is 21.6. The maximum absolute atomic E-state index is 12.4. The zero-order valence-electron chi connectivity index (χ0n) is 17.3. The number of nitrogens with zero attached hydrogens (tertiary/aromatic N) is 4. The number of halogens is 1. The Bertz CT molecular complexity index is 1050. The van der Waals surface area contributed by atoms with E-state index in [4.69, 9.17) is 16.3 Å². The summed E-state index contributed by atoms with van der Waals surface area (Å²) in [5.74, 6) is 0.945. The van der Waals surface area contributed by atoms with E-state index in [1.54, 1.807) is 0 Å². The molecule has 0 spiro atoms. The van der Waals surface area contributed by atoms with Crippen LogP contribution in [0, 0.1) is 6.92 Å². The van der Waals surface area contributed by atoms with Crippen LogP contribution in [0.4, 0.5) is 5.95 Å². The highest BCUT2D eigenvalue weighted by Gasteiger charge is 2.22. The van der Waals surface area contributed by atoms with Gasteiger partial charge in [0.1, 0.15) is 0 Å². The Labute approximate surface area is 190 Å². The molecule has 1 amide bonds. The van der Waals surface area contributed by atoms with Crippen LogP contribution in [0.5, 0.6) is 0 Å². The minimum atomic E-state index is -0.0725. The molecule has 1 aromatic heterocycles. The first-order valence-electron chi connectivity index (χ1n) is 10.1. The Kier molecular flexibility index (Phi) is 7.11. The van der Waals surface area contributed by atoms with Crippen molar-refractivity contribution in [3.63, 3.8) is 0 Å². The number of anilines is 1. The van der Waals surface area contributed by atoms with E-state index in [-0.39, 0.29) is 11.7 Å². The van der Waals surface area contributed by atoms with Crippen molar-refractivity contribution in [2.24, 2.45) is 0 Å². The summed E-state index contributed by atoms with van der Waals surface area (Å²) in [4.78, 5) is 14.6. The average Bonchev–Trinajstić information content (AvgIpc) is 3.21. The molecule has 0 bridgehead atoms. The molecule has 31 heavy (non-hydrogen) atoms. The Morgan fingerprint density at radius 2 is 1.97 bits per heavy atom. The van der Waals surface area contributed by atoms with Gasteiger partial charge in [-0.2, -0.15) is 0 Å². The zero-order valence-corrected chi connectivity index (χ0v) is 18.8. The smallest absolute Gasteiger partial charge is 0.232 e. The number of carbonyl (C=O) groups excluding carboxylic acids is 1. The van der Waals surface area contributed by atoms with Crippen LogP contribution in [0.15, 0.2) is 53.7 Å². The van der Waals surface area contributed by atoms with Gasteiger partial charge in [0.15, 0.2) is 5.16 Å². The van der Waals surface area contributed by atoms with Gasteiger partial charge in [-0.25, -0.2) is 0 Å². The van der Waals surface area contributed by atoms with Gasteiger partial charge < -0.3 is 15.0 Å².